The van der Waals surface area contributed by atoms with Gasteiger partial charge in [-0.25, -0.2) is 9.59 Å². The van der Waals surface area contributed by atoms with Crippen molar-refractivity contribution in [3.05, 3.63) is 65.0 Å². The van der Waals surface area contributed by atoms with E-state index in [9.17, 15) is 14.4 Å². The summed E-state index contributed by atoms with van der Waals surface area (Å²) in [6, 6.07) is 12.2. The van der Waals surface area contributed by atoms with Gasteiger partial charge in [-0.1, -0.05) is 44.7 Å². The molecule has 1 N–H and O–H groups in total. The second-order valence-corrected chi connectivity index (χ2v) is 10.7. The Balaban J connectivity index is 1.68. The lowest BCUT2D eigenvalue weighted by Crippen LogP contribution is -2.17. The first-order chi connectivity index (χ1) is 18.5. The molecule has 1 heterocycles. The number of esters is 2. The smallest absolute Gasteiger partial charge is 0.337 e. The first-order valence-electron chi connectivity index (χ1n) is 12.4. The van der Waals surface area contributed by atoms with Crippen LogP contribution in [-0.4, -0.2) is 52.6 Å². The van der Waals surface area contributed by atoms with Gasteiger partial charge in [0.1, 0.15) is 5.75 Å². The Bertz CT molecular complexity index is 1300. The fourth-order valence-electron chi connectivity index (χ4n) is 3.79. The molecule has 0 spiro atoms. The van der Waals surface area contributed by atoms with E-state index in [0.29, 0.717) is 17.5 Å². The van der Waals surface area contributed by atoms with Crippen molar-refractivity contribution < 1.29 is 28.6 Å². The van der Waals surface area contributed by atoms with E-state index in [1.807, 2.05) is 30.5 Å². The molecular formula is C28H34N4O6S. The van der Waals surface area contributed by atoms with Crippen LogP contribution in [0.1, 0.15) is 72.8 Å². The summed E-state index contributed by atoms with van der Waals surface area (Å²) in [5.41, 5.74) is 1.76. The van der Waals surface area contributed by atoms with Gasteiger partial charge in [0, 0.05) is 12.2 Å². The van der Waals surface area contributed by atoms with Crippen LogP contribution < -0.4 is 10.1 Å². The lowest BCUT2D eigenvalue weighted by Gasteiger charge is -2.20. The highest BCUT2D eigenvalue weighted by Gasteiger charge is 2.21. The summed E-state index contributed by atoms with van der Waals surface area (Å²) in [5, 5.41) is 11.9. The van der Waals surface area contributed by atoms with Crippen molar-refractivity contribution in [3.63, 3.8) is 0 Å². The number of methoxy groups -OCH3 is 2. The first-order valence-corrected chi connectivity index (χ1v) is 13.4. The number of ether oxygens (including phenoxy) is 3. The van der Waals surface area contributed by atoms with Gasteiger partial charge in [-0.15, -0.1) is 10.2 Å². The van der Waals surface area contributed by atoms with Gasteiger partial charge in [-0.3, -0.25) is 4.79 Å². The molecule has 0 aliphatic rings. The van der Waals surface area contributed by atoms with Gasteiger partial charge in [-0.05, 0) is 55.2 Å². The highest BCUT2D eigenvalue weighted by Crippen LogP contribution is 2.28. The first kappa shape index (κ1) is 29.7. The Morgan fingerprint density at radius 1 is 0.974 bits per heavy atom. The largest absolute Gasteiger partial charge is 0.483 e. The molecular weight excluding hydrogens is 520 g/mol. The molecule has 39 heavy (non-hydrogen) atoms. The highest BCUT2D eigenvalue weighted by molar-refractivity contribution is 7.99. The number of nitrogens with one attached hydrogen (secondary N) is 1. The van der Waals surface area contributed by atoms with E-state index >= 15 is 0 Å². The summed E-state index contributed by atoms with van der Waals surface area (Å²) in [4.78, 5) is 36.7. The second-order valence-electron chi connectivity index (χ2n) is 9.74. The Labute approximate surface area is 232 Å². The van der Waals surface area contributed by atoms with Crippen molar-refractivity contribution >= 4 is 35.3 Å². The molecule has 11 heteroatoms. The molecule has 0 fully saturated rings. The predicted molar refractivity (Wildman–Crippen MR) is 148 cm³/mol. The molecule has 1 amide bonds. The third kappa shape index (κ3) is 7.60. The molecule has 1 unspecified atom stereocenters. The third-order valence-electron chi connectivity index (χ3n) is 5.85. The summed E-state index contributed by atoms with van der Waals surface area (Å²) in [6.07, 6.45) is -0.362. The summed E-state index contributed by atoms with van der Waals surface area (Å²) < 4.78 is 17.5. The summed E-state index contributed by atoms with van der Waals surface area (Å²) in [5.74, 6) is -0.235. The summed E-state index contributed by atoms with van der Waals surface area (Å²) in [6.45, 7) is 10.9. The number of nitrogens with zero attached hydrogens (tertiary/aromatic N) is 3. The molecule has 10 nitrogen and oxygen atoms in total. The van der Waals surface area contributed by atoms with Gasteiger partial charge in [0.2, 0.25) is 5.91 Å². The number of carbonyl (C=O) groups is 3. The van der Waals surface area contributed by atoms with Crippen LogP contribution in [0.2, 0.25) is 0 Å². The average molecular weight is 555 g/mol. The van der Waals surface area contributed by atoms with E-state index in [-0.39, 0.29) is 40.0 Å². The quantitative estimate of drug-likeness (QED) is 0.271. The molecule has 1 atom stereocenters. The molecule has 0 saturated carbocycles. The van der Waals surface area contributed by atoms with Gasteiger partial charge in [0.15, 0.2) is 17.1 Å². The number of hydrogen-bond donors (Lipinski definition) is 1. The van der Waals surface area contributed by atoms with Crippen molar-refractivity contribution in [1.29, 1.82) is 0 Å². The number of anilines is 1. The summed E-state index contributed by atoms with van der Waals surface area (Å²) in [7, 11) is 2.46. The molecule has 0 bridgehead atoms. The average Bonchev–Trinajstić information content (AvgIpc) is 3.33. The van der Waals surface area contributed by atoms with Crippen molar-refractivity contribution in [3.8, 4) is 5.75 Å². The molecule has 208 valence electrons. The van der Waals surface area contributed by atoms with Crippen LogP contribution in [0.25, 0.3) is 0 Å². The van der Waals surface area contributed by atoms with Crippen LogP contribution in [0.4, 0.5) is 5.69 Å². The zero-order valence-corrected chi connectivity index (χ0v) is 24.0. The highest BCUT2D eigenvalue weighted by atomic mass is 32.2. The zero-order chi connectivity index (χ0) is 28.7. The maximum Gasteiger partial charge on any atom is 0.337 e. The van der Waals surface area contributed by atoms with Crippen LogP contribution in [0.5, 0.6) is 5.75 Å². The van der Waals surface area contributed by atoms with Crippen molar-refractivity contribution in [2.45, 2.75) is 57.8 Å². The standard InChI is InChI=1S/C28H34N4O6S/c1-8-32-24(17(2)38-22-11-9-20(10-12-22)28(3,4)5)30-31-27(32)39-16-23(33)29-21-14-18(25(34)36-6)13-19(15-21)26(35)37-7/h9-15,17H,8,16H2,1-7H3,(H,29,33). The Morgan fingerprint density at radius 2 is 1.56 bits per heavy atom. The molecule has 2 aromatic carbocycles. The number of thioether (sulfide) groups is 1. The molecule has 3 aromatic rings. The van der Waals surface area contributed by atoms with Crippen LogP contribution in [0.15, 0.2) is 47.6 Å². The van der Waals surface area contributed by atoms with Crippen LogP contribution in [0, 0.1) is 0 Å². The fourth-order valence-corrected chi connectivity index (χ4v) is 4.60. The molecule has 3 rings (SSSR count). The van der Waals surface area contributed by atoms with E-state index in [1.54, 1.807) is 0 Å². The maximum atomic E-state index is 12.7. The van der Waals surface area contributed by atoms with E-state index in [1.165, 1.54) is 49.7 Å². The minimum absolute atomic E-state index is 0.0254. The van der Waals surface area contributed by atoms with Crippen LogP contribution >= 0.6 is 11.8 Å². The maximum absolute atomic E-state index is 12.7. The number of carbonyl (C=O) groups excluding carboxylic acids is 3. The SMILES string of the molecule is CCn1c(SCC(=O)Nc2cc(C(=O)OC)cc(C(=O)OC)c2)nnc1C(C)Oc1ccc(C(C)(C)C)cc1. The predicted octanol–water partition coefficient (Wildman–Crippen LogP) is 5.04. The van der Waals surface area contributed by atoms with E-state index < -0.39 is 11.9 Å². The number of rotatable bonds is 10. The van der Waals surface area contributed by atoms with Crippen molar-refractivity contribution in [2.24, 2.45) is 0 Å². The number of benzene rings is 2. The van der Waals surface area contributed by atoms with E-state index in [4.69, 9.17) is 14.2 Å². The Kier molecular flexibility index (Phi) is 9.74. The molecule has 0 radical (unpaired) electrons. The van der Waals surface area contributed by atoms with Gasteiger partial charge in [0.05, 0.1) is 31.1 Å². The fraction of sp³-hybridized carbons (Fsp3) is 0.393. The molecule has 1 aromatic heterocycles. The normalized spacial score (nSPS) is 12.0. The molecule has 0 aliphatic carbocycles. The van der Waals surface area contributed by atoms with Crippen LogP contribution in [0.3, 0.4) is 0 Å². The third-order valence-corrected chi connectivity index (χ3v) is 6.82. The topological polar surface area (TPSA) is 122 Å². The lowest BCUT2D eigenvalue weighted by molar-refractivity contribution is -0.113. The Morgan fingerprint density at radius 3 is 2.08 bits per heavy atom. The number of amides is 1. The van der Waals surface area contributed by atoms with Crippen molar-refractivity contribution in [1.82, 2.24) is 14.8 Å². The van der Waals surface area contributed by atoms with E-state index in [2.05, 4.69) is 48.4 Å². The van der Waals surface area contributed by atoms with Gasteiger partial charge >= 0.3 is 11.9 Å². The van der Waals surface area contributed by atoms with Crippen LogP contribution in [-0.2, 0) is 26.2 Å². The monoisotopic (exact) mass is 554 g/mol. The summed E-state index contributed by atoms with van der Waals surface area (Å²) >= 11 is 1.22. The Hall–Kier alpha value is -3.86. The minimum atomic E-state index is -0.643. The van der Waals surface area contributed by atoms with Gasteiger partial charge in [0.25, 0.3) is 0 Å². The van der Waals surface area contributed by atoms with Crippen molar-refractivity contribution in [2.75, 3.05) is 25.3 Å². The zero-order valence-electron chi connectivity index (χ0n) is 23.2. The number of hydrogen-bond acceptors (Lipinski definition) is 9. The number of aromatic nitrogens is 3. The second kappa shape index (κ2) is 12.8. The molecule has 0 saturated heterocycles. The minimum Gasteiger partial charge on any atom is -0.483 e. The van der Waals surface area contributed by atoms with Gasteiger partial charge in [-0.2, -0.15) is 0 Å². The van der Waals surface area contributed by atoms with Gasteiger partial charge < -0.3 is 24.1 Å². The molecule has 0 aliphatic heterocycles. The lowest BCUT2D eigenvalue weighted by atomic mass is 9.87. The van der Waals surface area contributed by atoms with E-state index in [0.717, 1.165) is 5.75 Å².